The number of hydrogen-bond acceptors (Lipinski definition) is 4. The van der Waals surface area contributed by atoms with Crippen LogP contribution in [0.2, 0.25) is 0 Å². The van der Waals surface area contributed by atoms with Crippen LogP contribution in [0.5, 0.6) is 0 Å². The zero-order valence-corrected chi connectivity index (χ0v) is 12.7. The van der Waals surface area contributed by atoms with E-state index in [1.165, 1.54) is 24.7 Å². The van der Waals surface area contributed by atoms with Gasteiger partial charge in [-0.2, -0.15) is 0 Å². The summed E-state index contributed by atoms with van der Waals surface area (Å²) in [5, 5.41) is 2.93. The van der Waals surface area contributed by atoms with Gasteiger partial charge in [-0.05, 0) is 30.9 Å². The molecular weight excluding hydrogens is 276 g/mol. The molecule has 0 aliphatic carbocycles. The van der Waals surface area contributed by atoms with E-state index in [2.05, 4.69) is 20.2 Å². The van der Waals surface area contributed by atoms with Crippen molar-refractivity contribution in [3.63, 3.8) is 0 Å². The Morgan fingerprint density at radius 1 is 1.23 bits per heavy atom. The minimum absolute atomic E-state index is 0.161. The molecule has 1 N–H and O–H groups in total. The number of aryl methyl sites for hydroxylation is 1. The van der Waals surface area contributed by atoms with E-state index >= 15 is 0 Å². The smallest absolute Gasteiger partial charge is 0.270 e. The van der Waals surface area contributed by atoms with E-state index in [9.17, 15) is 4.79 Å². The molecule has 5 nitrogen and oxygen atoms in total. The van der Waals surface area contributed by atoms with Gasteiger partial charge in [-0.3, -0.25) is 4.79 Å². The molecule has 22 heavy (non-hydrogen) atoms. The predicted molar refractivity (Wildman–Crippen MR) is 85.8 cm³/mol. The Morgan fingerprint density at radius 3 is 2.77 bits per heavy atom. The second-order valence-electron chi connectivity index (χ2n) is 5.56. The summed E-state index contributed by atoms with van der Waals surface area (Å²) in [4.78, 5) is 22.8. The van der Waals surface area contributed by atoms with Crippen LogP contribution < -0.4 is 10.2 Å². The van der Waals surface area contributed by atoms with Gasteiger partial charge in [0.1, 0.15) is 17.8 Å². The molecular formula is C17H20N4O. The Kier molecular flexibility index (Phi) is 4.32. The number of nitrogens with zero attached hydrogens (tertiary/aromatic N) is 3. The van der Waals surface area contributed by atoms with Gasteiger partial charge in [-0.25, -0.2) is 9.97 Å². The molecule has 0 bridgehead atoms. The van der Waals surface area contributed by atoms with Crippen LogP contribution in [0.25, 0.3) is 0 Å². The van der Waals surface area contributed by atoms with Crippen molar-refractivity contribution < 1.29 is 4.79 Å². The predicted octanol–water partition coefficient (Wildman–Crippen LogP) is 2.32. The van der Waals surface area contributed by atoms with E-state index in [4.69, 9.17) is 0 Å². The van der Waals surface area contributed by atoms with Crippen LogP contribution in [0.3, 0.4) is 0 Å². The fourth-order valence-electron chi connectivity index (χ4n) is 2.66. The Hall–Kier alpha value is -2.43. The molecule has 0 saturated carbocycles. The lowest BCUT2D eigenvalue weighted by atomic mass is 10.1. The Labute approximate surface area is 130 Å². The molecule has 0 atom stereocenters. The van der Waals surface area contributed by atoms with Gasteiger partial charge in [0.15, 0.2) is 0 Å². The summed E-state index contributed by atoms with van der Waals surface area (Å²) in [6.45, 7) is 4.55. The van der Waals surface area contributed by atoms with Gasteiger partial charge >= 0.3 is 0 Å². The third-order valence-electron chi connectivity index (χ3n) is 4.02. The van der Waals surface area contributed by atoms with Crippen LogP contribution in [0, 0.1) is 6.92 Å². The monoisotopic (exact) mass is 296 g/mol. The fraction of sp³-hybridized carbons (Fsp3) is 0.353. The van der Waals surface area contributed by atoms with Crippen LogP contribution in [0.15, 0.2) is 36.7 Å². The molecule has 3 rings (SSSR count). The Balaban J connectivity index is 1.67. The van der Waals surface area contributed by atoms with Crippen molar-refractivity contribution in [2.45, 2.75) is 26.3 Å². The standard InChI is InChI=1S/C17H20N4O/c1-13-6-2-3-7-14(13)11-18-17(22)15-10-16(20-12-19-15)21-8-4-5-9-21/h2-3,6-7,10,12H,4-5,8-9,11H2,1H3,(H,18,22). The molecule has 1 aromatic heterocycles. The van der Waals surface area contributed by atoms with Gasteiger partial charge in [-0.1, -0.05) is 24.3 Å². The molecule has 2 aromatic rings. The van der Waals surface area contributed by atoms with Gasteiger partial charge in [-0.15, -0.1) is 0 Å². The second-order valence-corrected chi connectivity index (χ2v) is 5.56. The van der Waals surface area contributed by atoms with E-state index < -0.39 is 0 Å². The van der Waals surface area contributed by atoms with Gasteiger partial charge in [0.25, 0.3) is 5.91 Å². The summed E-state index contributed by atoms with van der Waals surface area (Å²) in [6, 6.07) is 9.81. The van der Waals surface area contributed by atoms with E-state index in [0.29, 0.717) is 12.2 Å². The third-order valence-corrected chi connectivity index (χ3v) is 4.02. The van der Waals surface area contributed by atoms with Crippen LogP contribution in [-0.2, 0) is 6.54 Å². The summed E-state index contributed by atoms with van der Waals surface area (Å²) < 4.78 is 0. The molecule has 1 aromatic carbocycles. The summed E-state index contributed by atoms with van der Waals surface area (Å²) in [7, 11) is 0. The van der Waals surface area contributed by atoms with Crippen LogP contribution in [-0.4, -0.2) is 29.0 Å². The zero-order chi connectivity index (χ0) is 15.4. The fourth-order valence-corrected chi connectivity index (χ4v) is 2.66. The lowest BCUT2D eigenvalue weighted by Crippen LogP contribution is -2.25. The topological polar surface area (TPSA) is 58.1 Å². The van der Waals surface area contributed by atoms with Crippen molar-refractivity contribution in [3.8, 4) is 0 Å². The maximum atomic E-state index is 12.3. The number of hydrogen-bond donors (Lipinski definition) is 1. The summed E-state index contributed by atoms with van der Waals surface area (Å²) in [5.41, 5.74) is 2.71. The van der Waals surface area contributed by atoms with Gasteiger partial charge in [0.05, 0.1) is 0 Å². The zero-order valence-electron chi connectivity index (χ0n) is 12.7. The number of rotatable bonds is 4. The molecule has 1 amide bonds. The molecule has 0 spiro atoms. The maximum Gasteiger partial charge on any atom is 0.270 e. The van der Waals surface area contributed by atoms with E-state index in [0.717, 1.165) is 24.5 Å². The minimum Gasteiger partial charge on any atom is -0.357 e. The van der Waals surface area contributed by atoms with Crippen LogP contribution in [0.1, 0.15) is 34.5 Å². The van der Waals surface area contributed by atoms with Crippen molar-refractivity contribution in [3.05, 3.63) is 53.5 Å². The number of amides is 1. The summed E-state index contributed by atoms with van der Waals surface area (Å²) in [5.74, 6) is 0.680. The SMILES string of the molecule is Cc1ccccc1CNC(=O)c1cc(N2CCCC2)ncn1. The van der Waals surface area contributed by atoms with Crippen molar-refractivity contribution >= 4 is 11.7 Å². The van der Waals surface area contributed by atoms with E-state index in [1.54, 1.807) is 6.07 Å². The quantitative estimate of drug-likeness (QED) is 0.940. The Morgan fingerprint density at radius 2 is 2.00 bits per heavy atom. The summed E-state index contributed by atoms with van der Waals surface area (Å²) >= 11 is 0. The number of benzene rings is 1. The first kappa shape index (κ1) is 14.5. The number of nitrogens with one attached hydrogen (secondary N) is 1. The molecule has 0 unspecified atom stereocenters. The molecule has 1 aliphatic heterocycles. The highest BCUT2D eigenvalue weighted by Crippen LogP contribution is 2.17. The molecule has 0 radical (unpaired) electrons. The number of carbonyl (C=O) groups is 1. The first-order valence-electron chi connectivity index (χ1n) is 7.64. The van der Waals surface area contributed by atoms with E-state index in [-0.39, 0.29) is 5.91 Å². The first-order valence-corrected chi connectivity index (χ1v) is 7.64. The number of aromatic nitrogens is 2. The second kappa shape index (κ2) is 6.56. The molecule has 1 aliphatic rings. The van der Waals surface area contributed by atoms with Crippen molar-refractivity contribution in [1.29, 1.82) is 0 Å². The highest BCUT2D eigenvalue weighted by Gasteiger charge is 2.16. The van der Waals surface area contributed by atoms with Crippen molar-refractivity contribution in [2.24, 2.45) is 0 Å². The number of anilines is 1. The lowest BCUT2D eigenvalue weighted by Gasteiger charge is -2.16. The highest BCUT2D eigenvalue weighted by atomic mass is 16.1. The number of carbonyl (C=O) groups excluding carboxylic acids is 1. The minimum atomic E-state index is -0.161. The molecule has 2 heterocycles. The van der Waals surface area contributed by atoms with Gasteiger partial charge in [0, 0.05) is 25.7 Å². The van der Waals surface area contributed by atoms with Crippen molar-refractivity contribution in [2.75, 3.05) is 18.0 Å². The average Bonchev–Trinajstić information content (AvgIpc) is 3.08. The normalized spacial score (nSPS) is 14.1. The first-order chi connectivity index (χ1) is 10.7. The average molecular weight is 296 g/mol. The molecule has 114 valence electrons. The van der Waals surface area contributed by atoms with Crippen molar-refractivity contribution in [1.82, 2.24) is 15.3 Å². The Bertz CT molecular complexity index is 665. The van der Waals surface area contributed by atoms with Crippen LogP contribution >= 0.6 is 0 Å². The maximum absolute atomic E-state index is 12.3. The summed E-state index contributed by atoms with van der Waals surface area (Å²) in [6.07, 6.45) is 3.83. The van der Waals surface area contributed by atoms with E-state index in [1.807, 2.05) is 31.2 Å². The molecule has 5 heteroatoms. The molecule has 1 fully saturated rings. The largest absolute Gasteiger partial charge is 0.357 e. The highest BCUT2D eigenvalue weighted by molar-refractivity contribution is 5.92. The van der Waals surface area contributed by atoms with Gasteiger partial charge < -0.3 is 10.2 Å². The third kappa shape index (κ3) is 3.24. The lowest BCUT2D eigenvalue weighted by molar-refractivity contribution is 0.0945. The van der Waals surface area contributed by atoms with Gasteiger partial charge in [0.2, 0.25) is 0 Å². The van der Waals surface area contributed by atoms with Crippen LogP contribution in [0.4, 0.5) is 5.82 Å². The molecule has 1 saturated heterocycles.